The van der Waals surface area contributed by atoms with E-state index < -0.39 is 0 Å². The lowest BCUT2D eigenvalue weighted by Crippen LogP contribution is -2.55. The minimum absolute atomic E-state index is 0.177. The van der Waals surface area contributed by atoms with Gasteiger partial charge in [0.2, 0.25) is 5.91 Å². The van der Waals surface area contributed by atoms with Crippen molar-refractivity contribution in [3.63, 3.8) is 0 Å². The zero-order chi connectivity index (χ0) is 19.1. The minimum atomic E-state index is 0.177. The first-order valence-corrected chi connectivity index (χ1v) is 11.7. The molecule has 2 aliphatic heterocycles. The molecule has 5 rings (SSSR count). The van der Waals surface area contributed by atoms with Crippen LogP contribution in [0.15, 0.2) is 24.3 Å². The standard InChI is InChI=1S/C25H36N2O/c1-19(28)27-17-21-8-2-4-11-23(21)25(18-27)13-15-26(16-14-25)24-12-5-3-7-20-9-6-10-22(20)24/h2,4,8,11,20,22,24H,3,5-7,9-10,12-18H2,1H3. The predicted octanol–water partition coefficient (Wildman–Crippen LogP) is 4.74. The van der Waals surface area contributed by atoms with Gasteiger partial charge in [-0.25, -0.2) is 0 Å². The lowest BCUT2D eigenvalue weighted by Gasteiger charge is -2.50. The Kier molecular flexibility index (Phi) is 4.99. The summed E-state index contributed by atoms with van der Waals surface area (Å²) in [7, 11) is 0. The summed E-state index contributed by atoms with van der Waals surface area (Å²) < 4.78 is 0. The molecule has 1 aromatic carbocycles. The van der Waals surface area contributed by atoms with Gasteiger partial charge in [-0.15, -0.1) is 0 Å². The van der Waals surface area contributed by atoms with Crippen LogP contribution >= 0.6 is 0 Å². The summed E-state index contributed by atoms with van der Waals surface area (Å²) in [6, 6.07) is 9.76. The highest BCUT2D eigenvalue weighted by Crippen LogP contribution is 2.46. The summed E-state index contributed by atoms with van der Waals surface area (Å²) in [6.45, 7) is 5.89. The number of likely N-dealkylation sites (tertiary alicyclic amines) is 1. The Labute approximate surface area is 170 Å². The van der Waals surface area contributed by atoms with Gasteiger partial charge in [0.1, 0.15) is 0 Å². The Morgan fingerprint density at radius 3 is 2.57 bits per heavy atom. The molecule has 3 nitrogen and oxygen atoms in total. The van der Waals surface area contributed by atoms with Crippen molar-refractivity contribution in [3.05, 3.63) is 35.4 Å². The summed E-state index contributed by atoms with van der Waals surface area (Å²) in [4.78, 5) is 17.2. The number of fused-ring (bicyclic) bond motifs is 3. The molecule has 3 heteroatoms. The molecule has 1 aromatic rings. The Hall–Kier alpha value is -1.35. The Bertz CT molecular complexity index is 721. The van der Waals surface area contributed by atoms with Crippen molar-refractivity contribution in [1.82, 2.24) is 9.80 Å². The molecule has 0 N–H and O–H groups in total. The Balaban J connectivity index is 1.36. The molecule has 2 aliphatic carbocycles. The zero-order valence-corrected chi connectivity index (χ0v) is 17.5. The van der Waals surface area contributed by atoms with E-state index in [-0.39, 0.29) is 11.3 Å². The SMILES string of the molecule is CC(=O)N1Cc2ccccc2C2(CCN(C3CCCCC4CCCC43)CC2)C1. The van der Waals surface area contributed by atoms with Crippen LogP contribution in [0.3, 0.4) is 0 Å². The lowest BCUT2D eigenvalue weighted by atomic mass is 9.68. The van der Waals surface area contributed by atoms with E-state index in [1.807, 2.05) is 0 Å². The summed E-state index contributed by atoms with van der Waals surface area (Å²) >= 11 is 0. The predicted molar refractivity (Wildman–Crippen MR) is 113 cm³/mol. The molecule has 0 radical (unpaired) electrons. The Morgan fingerprint density at radius 1 is 1.00 bits per heavy atom. The molecular formula is C25H36N2O. The first-order chi connectivity index (χ1) is 13.7. The molecule has 0 aromatic heterocycles. The van der Waals surface area contributed by atoms with Gasteiger partial charge in [-0.1, -0.05) is 56.4 Å². The van der Waals surface area contributed by atoms with E-state index in [9.17, 15) is 4.79 Å². The Morgan fingerprint density at radius 2 is 1.75 bits per heavy atom. The van der Waals surface area contributed by atoms with Gasteiger partial charge in [-0.05, 0) is 61.7 Å². The largest absolute Gasteiger partial charge is 0.338 e. The van der Waals surface area contributed by atoms with E-state index in [2.05, 4.69) is 34.1 Å². The van der Waals surface area contributed by atoms with E-state index >= 15 is 0 Å². The smallest absolute Gasteiger partial charge is 0.219 e. The van der Waals surface area contributed by atoms with Crippen LogP contribution in [0.1, 0.15) is 75.8 Å². The fraction of sp³-hybridized carbons (Fsp3) is 0.720. The number of hydrogen-bond acceptors (Lipinski definition) is 2. The molecule has 2 saturated carbocycles. The highest BCUT2D eigenvalue weighted by Gasteiger charge is 2.45. The molecular weight excluding hydrogens is 344 g/mol. The van der Waals surface area contributed by atoms with Crippen molar-refractivity contribution < 1.29 is 4.79 Å². The van der Waals surface area contributed by atoms with Crippen molar-refractivity contribution in [3.8, 4) is 0 Å². The number of nitrogens with zero attached hydrogens (tertiary/aromatic N) is 2. The van der Waals surface area contributed by atoms with Crippen LogP contribution in [-0.2, 0) is 16.8 Å². The first kappa shape index (κ1) is 18.7. The highest BCUT2D eigenvalue weighted by atomic mass is 16.2. The molecule has 1 saturated heterocycles. The minimum Gasteiger partial charge on any atom is -0.338 e. The van der Waals surface area contributed by atoms with Crippen LogP contribution in [0.4, 0.5) is 0 Å². The van der Waals surface area contributed by atoms with E-state index in [1.165, 1.54) is 82.0 Å². The number of amides is 1. The number of carbonyl (C=O) groups is 1. The van der Waals surface area contributed by atoms with E-state index in [0.29, 0.717) is 0 Å². The van der Waals surface area contributed by atoms with Crippen molar-refractivity contribution in [2.75, 3.05) is 19.6 Å². The molecule has 28 heavy (non-hydrogen) atoms. The zero-order valence-electron chi connectivity index (χ0n) is 17.5. The van der Waals surface area contributed by atoms with Gasteiger partial charge in [0, 0.05) is 31.5 Å². The van der Waals surface area contributed by atoms with Crippen LogP contribution in [0, 0.1) is 11.8 Å². The van der Waals surface area contributed by atoms with E-state index in [4.69, 9.17) is 0 Å². The van der Waals surface area contributed by atoms with Gasteiger partial charge in [0.05, 0.1) is 0 Å². The normalized spacial score (nSPS) is 32.6. The maximum Gasteiger partial charge on any atom is 0.219 e. The molecule has 4 aliphatic rings. The molecule has 152 valence electrons. The average Bonchev–Trinajstić information content (AvgIpc) is 3.08. The molecule has 1 amide bonds. The van der Waals surface area contributed by atoms with E-state index in [1.54, 1.807) is 6.92 Å². The molecule has 1 spiro atoms. The number of benzene rings is 1. The van der Waals surface area contributed by atoms with Crippen LogP contribution in [0.25, 0.3) is 0 Å². The van der Waals surface area contributed by atoms with Crippen molar-refractivity contribution in [2.24, 2.45) is 11.8 Å². The van der Waals surface area contributed by atoms with Crippen LogP contribution in [0.2, 0.25) is 0 Å². The summed E-state index contributed by atoms with van der Waals surface area (Å²) in [5.41, 5.74) is 3.09. The van der Waals surface area contributed by atoms with Gasteiger partial charge in [-0.2, -0.15) is 0 Å². The van der Waals surface area contributed by atoms with Gasteiger partial charge >= 0.3 is 0 Å². The molecule has 3 atom stereocenters. The number of hydrogen-bond donors (Lipinski definition) is 0. The van der Waals surface area contributed by atoms with Gasteiger partial charge in [0.15, 0.2) is 0 Å². The average molecular weight is 381 g/mol. The molecule has 2 heterocycles. The third-order valence-electron chi connectivity index (χ3n) is 8.65. The topological polar surface area (TPSA) is 23.6 Å². The quantitative estimate of drug-likeness (QED) is 0.702. The maximum atomic E-state index is 12.2. The number of carbonyl (C=O) groups excluding carboxylic acids is 1. The van der Waals surface area contributed by atoms with Crippen molar-refractivity contribution in [1.29, 1.82) is 0 Å². The van der Waals surface area contributed by atoms with Crippen LogP contribution in [-0.4, -0.2) is 41.4 Å². The molecule has 0 bridgehead atoms. The van der Waals surface area contributed by atoms with Crippen LogP contribution in [0.5, 0.6) is 0 Å². The fourth-order valence-electron chi connectivity index (χ4n) is 7.18. The van der Waals surface area contributed by atoms with Gasteiger partial charge in [0.25, 0.3) is 0 Å². The van der Waals surface area contributed by atoms with Crippen LogP contribution < -0.4 is 0 Å². The van der Waals surface area contributed by atoms with Crippen molar-refractivity contribution >= 4 is 5.91 Å². The van der Waals surface area contributed by atoms with Gasteiger partial charge in [-0.3, -0.25) is 4.79 Å². The summed E-state index contributed by atoms with van der Waals surface area (Å²) in [5, 5.41) is 0. The maximum absolute atomic E-state index is 12.2. The third-order valence-corrected chi connectivity index (χ3v) is 8.65. The second-order valence-electron chi connectivity index (χ2n) is 10.1. The van der Waals surface area contributed by atoms with Gasteiger partial charge < -0.3 is 9.80 Å². The highest BCUT2D eigenvalue weighted by molar-refractivity contribution is 5.74. The summed E-state index contributed by atoms with van der Waals surface area (Å²) in [5.74, 6) is 2.20. The summed E-state index contributed by atoms with van der Waals surface area (Å²) in [6.07, 6.45) is 12.6. The molecule has 3 unspecified atom stereocenters. The number of piperidine rings is 1. The number of rotatable bonds is 1. The monoisotopic (exact) mass is 380 g/mol. The second-order valence-corrected chi connectivity index (χ2v) is 10.1. The third kappa shape index (κ3) is 3.20. The van der Waals surface area contributed by atoms with Crippen molar-refractivity contribution in [2.45, 2.75) is 82.7 Å². The fourth-order valence-corrected chi connectivity index (χ4v) is 7.18. The van der Waals surface area contributed by atoms with E-state index in [0.717, 1.165) is 31.0 Å². The first-order valence-electron chi connectivity index (χ1n) is 11.7. The lowest BCUT2D eigenvalue weighted by molar-refractivity contribution is -0.131. The molecule has 3 fully saturated rings. The second kappa shape index (κ2) is 7.48.